The molecule has 156 valence electrons. The van der Waals surface area contributed by atoms with Gasteiger partial charge < -0.3 is 19.4 Å². The number of imidazole rings is 1. The van der Waals surface area contributed by atoms with Crippen LogP contribution in [0, 0.1) is 0 Å². The highest BCUT2D eigenvalue weighted by atomic mass is 16.5. The van der Waals surface area contributed by atoms with Crippen LogP contribution < -0.4 is 14.8 Å². The van der Waals surface area contributed by atoms with Gasteiger partial charge in [0.2, 0.25) is 0 Å². The Morgan fingerprint density at radius 3 is 2.66 bits per heavy atom. The van der Waals surface area contributed by atoms with Crippen molar-refractivity contribution >= 4 is 0 Å². The van der Waals surface area contributed by atoms with Crippen LogP contribution in [-0.4, -0.2) is 50.5 Å². The second kappa shape index (κ2) is 9.04. The zero-order chi connectivity index (χ0) is 20.9. The normalized spacial score (nSPS) is 12.7. The van der Waals surface area contributed by atoms with Crippen LogP contribution in [0.2, 0.25) is 0 Å². The Labute approximate surface area is 171 Å². The number of nitrogens with one attached hydrogen (secondary N) is 1. The third-order valence-corrected chi connectivity index (χ3v) is 4.64. The van der Waals surface area contributed by atoms with Crippen molar-refractivity contribution in [3.63, 3.8) is 0 Å². The highest BCUT2D eigenvalue weighted by molar-refractivity contribution is 5.44. The number of nitrogens with zero attached hydrogens (tertiary/aromatic N) is 6. The Morgan fingerprint density at radius 1 is 1.17 bits per heavy atom. The Hall–Kier alpha value is -2.94. The molecule has 2 aromatic heterocycles. The van der Waals surface area contributed by atoms with Crippen LogP contribution in [0.25, 0.3) is 0 Å². The molecule has 1 aromatic carbocycles. The number of hydrogen-bond donors (Lipinski definition) is 1. The largest absolute Gasteiger partial charge is 0.497 e. The Balaban J connectivity index is 1.89. The number of tetrazole rings is 1. The molecular weight excluding hydrogens is 370 g/mol. The SMILES string of the molecule is COc1ccc(C(NCCCn2ccnc2)c2nnnn2C(C)(C)C)c(OC)c1. The maximum atomic E-state index is 5.65. The van der Waals surface area contributed by atoms with Gasteiger partial charge in [-0.05, 0) is 56.3 Å². The third-order valence-electron chi connectivity index (χ3n) is 4.64. The van der Waals surface area contributed by atoms with Gasteiger partial charge in [0.15, 0.2) is 5.82 Å². The molecule has 0 saturated carbocycles. The minimum atomic E-state index is -0.255. The van der Waals surface area contributed by atoms with E-state index < -0.39 is 0 Å². The molecule has 0 radical (unpaired) electrons. The molecule has 1 atom stereocenters. The molecule has 0 bridgehead atoms. The van der Waals surface area contributed by atoms with E-state index in [-0.39, 0.29) is 11.6 Å². The van der Waals surface area contributed by atoms with Gasteiger partial charge in [0.05, 0.1) is 32.1 Å². The summed E-state index contributed by atoms with van der Waals surface area (Å²) in [5.41, 5.74) is 0.700. The molecule has 0 amide bonds. The van der Waals surface area contributed by atoms with Gasteiger partial charge in [0.1, 0.15) is 11.5 Å². The summed E-state index contributed by atoms with van der Waals surface area (Å²) >= 11 is 0. The summed E-state index contributed by atoms with van der Waals surface area (Å²) in [6.45, 7) is 7.88. The first kappa shape index (κ1) is 20.8. The predicted octanol–water partition coefficient (Wildman–Crippen LogP) is 2.41. The summed E-state index contributed by atoms with van der Waals surface area (Å²) in [5, 5.41) is 16.1. The lowest BCUT2D eigenvalue weighted by Crippen LogP contribution is -2.33. The van der Waals surface area contributed by atoms with E-state index in [1.807, 2.05) is 35.4 Å². The van der Waals surface area contributed by atoms with Gasteiger partial charge >= 0.3 is 0 Å². The Kier molecular flexibility index (Phi) is 6.48. The standard InChI is InChI=1S/C20H29N7O2/c1-20(2,3)27-19(23-24-25-27)18(22-9-6-11-26-12-10-21-14-26)16-8-7-15(28-4)13-17(16)29-5/h7-8,10,12-14,18,22H,6,9,11H2,1-5H3. The lowest BCUT2D eigenvalue weighted by atomic mass is 10.0. The molecule has 9 nitrogen and oxygen atoms in total. The van der Waals surface area contributed by atoms with Crippen molar-refractivity contribution in [2.24, 2.45) is 0 Å². The number of benzene rings is 1. The summed E-state index contributed by atoms with van der Waals surface area (Å²) in [5.74, 6) is 2.20. The summed E-state index contributed by atoms with van der Waals surface area (Å²) in [6, 6.07) is 5.56. The molecule has 1 N–H and O–H groups in total. The quantitative estimate of drug-likeness (QED) is 0.552. The molecule has 0 aliphatic carbocycles. The molecule has 0 aliphatic rings. The minimum absolute atomic E-state index is 0.229. The molecule has 2 heterocycles. The van der Waals surface area contributed by atoms with Gasteiger partial charge in [-0.3, -0.25) is 0 Å². The van der Waals surface area contributed by atoms with Crippen molar-refractivity contribution in [3.05, 3.63) is 48.3 Å². The van der Waals surface area contributed by atoms with Crippen molar-refractivity contribution < 1.29 is 9.47 Å². The zero-order valence-electron chi connectivity index (χ0n) is 17.7. The van der Waals surface area contributed by atoms with E-state index in [0.29, 0.717) is 0 Å². The van der Waals surface area contributed by atoms with Gasteiger partial charge in [0, 0.05) is 30.6 Å². The zero-order valence-corrected chi connectivity index (χ0v) is 17.7. The van der Waals surface area contributed by atoms with E-state index >= 15 is 0 Å². The summed E-state index contributed by atoms with van der Waals surface area (Å²) in [7, 11) is 3.29. The van der Waals surface area contributed by atoms with Crippen LogP contribution in [0.3, 0.4) is 0 Å². The molecule has 0 spiro atoms. The number of rotatable bonds is 9. The maximum absolute atomic E-state index is 5.65. The van der Waals surface area contributed by atoms with Crippen LogP contribution in [0.4, 0.5) is 0 Å². The molecule has 3 aromatic rings. The number of aryl methyl sites for hydroxylation is 1. The number of hydrogen-bond acceptors (Lipinski definition) is 7. The van der Waals surface area contributed by atoms with E-state index in [0.717, 1.165) is 42.4 Å². The predicted molar refractivity (Wildman–Crippen MR) is 109 cm³/mol. The van der Waals surface area contributed by atoms with Gasteiger partial charge in [-0.15, -0.1) is 5.10 Å². The molecular formula is C20H29N7O2. The van der Waals surface area contributed by atoms with Gasteiger partial charge in [-0.25, -0.2) is 9.67 Å². The topological polar surface area (TPSA) is 91.9 Å². The second-order valence-corrected chi connectivity index (χ2v) is 7.77. The number of aromatic nitrogens is 6. The van der Waals surface area contributed by atoms with Crippen molar-refractivity contribution in [1.82, 2.24) is 35.1 Å². The molecule has 0 saturated heterocycles. The lowest BCUT2D eigenvalue weighted by molar-refractivity contribution is 0.322. The van der Waals surface area contributed by atoms with Gasteiger partial charge in [-0.1, -0.05) is 0 Å². The third kappa shape index (κ3) is 4.92. The first-order valence-corrected chi connectivity index (χ1v) is 9.64. The summed E-state index contributed by atoms with van der Waals surface area (Å²) in [4.78, 5) is 4.09. The van der Waals surface area contributed by atoms with Crippen LogP contribution in [0.15, 0.2) is 36.9 Å². The number of ether oxygens (including phenoxy) is 2. The summed E-state index contributed by atoms with van der Waals surface area (Å²) in [6.07, 6.45) is 6.51. The summed E-state index contributed by atoms with van der Waals surface area (Å²) < 4.78 is 14.9. The van der Waals surface area contributed by atoms with Crippen LogP contribution in [0.5, 0.6) is 11.5 Å². The molecule has 29 heavy (non-hydrogen) atoms. The van der Waals surface area contributed by atoms with Crippen LogP contribution in [-0.2, 0) is 12.1 Å². The molecule has 0 fully saturated rings. The lowest BCUT2D eigenvalue weighted by Gasteiger charge is -2.26. The fraction of sp³-hybridized carbons (Fsp3) is 0.500. The fourth-order valence-electron chi connectivity index (χ4n) is 3.18. The van der Waals surface area contributed by atoms with E-state index in [1.165, 1.54) is 0 Å². The molecule has 3 rings (SSSR count). The van der Waals surface area contributed by atoms with E-state index in [2.05, 4.69) is 51.2 Å². The first-order valence-electron chi connectivity index (χ1n) is 9.64. The number of methoxy groups -OCH3 is 2. The molecule has 0 aliphatic heterocycles. The maximum Gasteiger partial charge on any atom is 0.173 e. The monoisotopic (exact) mass is 399 g/mol. The fourth-order valence-corrected chi connectivity index (χ4v) is 3.18. The minimum Gasteiger partial charge on any atom is -0.497 e. The average molecular weight is 399 g/mol. The first-order chi connectivity index (χ1) is 13.9. The highest BCUT2D eigenvalue weighted by Crippen LogP contribution is 2.33. The van der Waals surface area contributed by atoms with E-state index in [1.54, 1.807) is 20.4 Å². The van der Waals surface area contributed by atoms with Gasteiger partial charge in [-0.2, -0.15) is 0 Å². The van der Waals surface area contributed by atoms with Crippen molar-refractivity contribution in [1.29, 1.82) is 0 Å². The highest BCUT2D eigenvalue weighted by Gasteiger charge is 2.28. The van der Waals surface area contributed by atoms with Crippen molar-refractivity contribution in [3.8, 4) is 11.5 Å². The average Bonchev–Trinajstić information content (AvgIpc) is 3.39. The van der Waals surface area contributed by atoms with Crippen LogP contribution >= 0.6 is 0 Å². The van der Waals surface area contributed by atoms with Crippen LogP contribution in [0.1, 0.15) is 44.6 Å². The van der Waals surface area contributed by atoms with E-state index in [4.69, 9.17) is 9.47 Å². The van der Waals surface area contributed by atoms with E-state index in [9.17, 15) is 0 Å². The Morgan fingerprint density at radius 2 is 2.00 bits per heavy atom. The van der Waals surface area contributed by atoms with Crippen molar-refractivity contribution in [2.45, 2.75) is 45.3 Å². The second-order valence-electron chi connectivity index (χ2n) is 7.77. The molecule has 1 unspecified atom stereocenters. The molecule has 9 heteroatoms. The Bertz CT molecular complexity index is 900. The smallest absolute Gasteiger partial charge is 0.173 e. The van der Waals surface area contributed by atoms with Gasteiger partial charge in [0.25, 0.3) is 0 Å². The van der Waals surface area contributed by atoms with Crippen molar-refractivity contribution in [2.75, 3.05) is 20.8 Å².